The van der Waals surface area contributed by atoms with Gasteiger partial charge in [0.05, 0.1) is 0 Å². The lowest BCUT2D eigenvalue weighted by atomic mass is 9.86. The fourth-order valence-corrected chi connectivity index (χ4v) is 8.03. The molecule has 10 aromatic carbocycles. The second-order valence-electron chi connectivity index (χ2n) is 13.3. The maximum atomic E-state index is 2.42. The Bertz CT molecular complexity index is 2900. The average molecular weight is 648 g/mol. The SMILES string of the molecule is c1ccc(N(c2ccc(-c3cc4cc(-c5cccc6ccccc56)c5ccccc5c4c4ccccc34)cc2)c2ccc3ccccc3c2)cc1. The first-order valence-corrected chi connectivity index (χ1v) is 17.6. The molecule has 0 saturated carbocycles. The number of anilines is 3. The molecule has 10 aromatic rings. The molecule has 0 fully saturated rings. The lowest BCUT2D eigenvalue weighted by Gasteiger charge is -2.26. The molecule has 0 radical (unpaired) electrons. The number of nitrogens with zero attached hydrogens (tertiary/aromatic N) is 1. The van der Waals surface area contributed by atoms with Gasteiger partial charge in [0.15, 0.2) is 0 Å². The molecule has 0 atom stereocenters. The van der Waals surface area contributed by atoms with Crippen LogP contribution in [0.25, 0.3) is 76.1 Å². The molecule has 1 heteroatoms. The summed E-state index contributed by atoms with van der Waals surface area (Å²) in [5.41, 5.74) is 8.35. The highest BCUT2D eigenvalue weighted by Crippen LogP contribution is 2.44. The Labute approximate surface area is 297 Å². The molecule has 238 valence electrons. The molecule has 0 aliphatic rings. The van der Waals surface area contributed by atoms with E-state index in [0.717, 1.165) is 17.1 Å². The number of para-hydroxylation sites is 1. The van der Waals surface area contributed by atoms with Crippen molar-refractivity contribution in [1.82, 2.24) is 0 Å². The summed E-state index contributed by atoms with van der Waals surface area (Å²) in [7, 11) is 0. The Morgan fingerprint density at radius 3 is 1.53 bits per heavy atom. The van der Waals surface area contributed by atoms with Gasteiger partial charge in [0.1, 0.15) is 0 Å². The van der Waals surface area contributed by atoms with Crippen molar-refractivity contribution < 1.29 is 0 Å². The van der Waals surface area contributed by atoms with E-state index < -0.39 is 0 Å². The van der Waals surface area contributed by atoms with Crippen LogP contribution in [0, 0.1) is 0 Å². The highest BCUT2D eigenvalue weighted by atomic mass is 15.1. The van der Waals surface area contributed by atoms with Crippen LogP contribution >= 0.6 is 0 Å². The van der Waals surface area contributed by atoms with Gasteiger partial charge in [-0.05, 0) is 125 Å². The van der Waals surface area contributed by atoms with Crippen molar-refractivity contribution >= 4 is 70.9 Å². The monoisotopic (exact) mass is 647 g/mol. The largest absolute Gasteiger partial charge is 0.310 e. The van der Waals surface area contributed by atoms with Gasteiger partial charge in [-0.15, -0.1) is 0 Å². The Kier molecular flexibility index (Phi) is 6.89. The zero-order chi connectivity index (χ0) is 33.7. The minimum atomic E-state index is 1.12. The average Bonchev–Trinajstić information content (AvgIpc) is 3.20. The first kappa shape index (κ1) is 29.2. The summed E-state index contributed by atoms with van der Waals surface area (Å²) in [6.45, 7) is 0. The minimum Gasteiger partial charge on any atom is -0.310 e. The summed E-state index contributed by atoms with van der Waals surface area (Å²) in [6.07, 6.45) is 0. The molecule has 0 amide bonds. The summed E-state index contributed by atoms with van der Waals surface area (Å²) in [4.78, 5) is 2.34. The van der Waals surface area contributed by atoms with E-state index in [1.807, 2.05) is 0 Å². The Morgan fingerprint density at radius 1 is 0.255 bits per heavy atom. The van der Waals surface area contributed by atoms with Crippen molar-refractivity contribution in [3.8, 4) is 22.3 Å². The molecule has 0 aliphatic heterocycles. The Hall–Kier alpha value is -6.70. The van der Waals surface area contributed by atoms with Crippen molar-refractivity contribution in [2.24, 2.45) is 0 Å². The maximum Gasteiger partial charge on any atom is 0.0468 e. The predicted octanol–water partition coefficient (Wildman–Crippen LogP) is 14.3. The third kappa shape index (κ3) is 4.94. The van der Waals surface area contributed by atoms with E-state index in [-0.39, 0.29) is 0 Å². The van der Waals surface area contributed by atoms with Crippen LogP contribution in [-0.4, -0.2) is 0 Å². The van der Waals surface area contributed by atoms with Crippen LogP contribution in [0.15, 0.2) is 200 Å². The Morgan fingerprint density at radius 2 is 0.784 bits per heavy atom. The van der Waals surface area contributed by atoms with E-state index in [1.54, 1.807) is 0 Å². The second-order valence-corrected chi connectivity index (χ2v) is 13.3. The van der Waals surface area contributed by atoms with Crippen molar-refractivity contribution in [3.63, 3.8) is 0 Å². The van der Waals surface area contributed by atoms with Crippen molar-refractivity contribution in [2.75, 3.05) is 4.90 Å². The highest BCUT2D eigenvalue weighted by Gasteiger charge is 2.17. The van der Waals surface area contributed by atoms with Crippen molar-refractivity contribution in [1.29, 1.82) is 0 Å². The third-order valence-electron chi connectivity index (χ3n) is 10.4. The lowest BCUT2D eigenvalue weighted by Crippen LogP contribution is -2.09. The zero-order valence-electron chi connectivity index (χ0n) is 28.0. The molecular formula is C50H33N. The molecule has 1 nitrogen and oxygen atoms in total. The topological polar surface area (TPSA) is 3.24 Å². The van der Waals surface area contributed by atoms with Gasteiger partial charge in [-0.3, -0.25) is 0 Å². The molecule has 51 heavy (non-hydrogen) atoms. The third-order valence-corrected chi connectivity index (χ3v) is 10.4. The highest BCUT2D eigenvalue weighted by molar-refractivity contribution is 6.26. The maximum absolute atomic E-state index is 2.42. The van der Waals surface area contributed by atoms with Crippen LogP contribution in [0.5, 0.6) is 0 Å². The number of hydrogen-bond donors (Lipinski definition) is 0. The van der Waals surface area contributed by atoms with E-state index in [0.29, 0.717) is 0 Å². The molecule has 0 aromatic heterocycles. The molecule has 0 N–H and O–H groups in total. The lowest BCUT2D eigenvalue weighted by molar-refractivity contribution is 1.29. The van der Waals surface area contributed by atoms with E-state index in [9.17, 15) is 0 Å². The normalized spacial score (nSPS) is 11.5. The molecule has 0 bridgehead atoms. The standard InChI is InChI=1S/C50H33N/c1-2-17-39(18-3-1)51(41-30-25-34-13-4-5-15-37(34)31-41)40-28-26-36(27-29-40)48-32-38-33-49(43-24-12-16-35-14-6-7-19-42(35)43)45-21-9-11-23-47(45)50(38)46-22-10-8-20-44(46)48/h1-33H. The number of rotatable bonds is 5. The van der Waals surface area contributed by atoms with Gasteiger partial charge in [0.2, 0.25) is 0 Å². The zero-order valence-corrected chi connectivity index (χ0v) is 28.0. The van der Waals surface area contributed by atoms with Crippen LogP contribution in [-0.2, 0) is 0 Å². The van der Waals surface area contributed by atoms with Gasteiger partial charge in [-0.1, -0.05) is 152 Å². The summed E-state index contributed by atoms with van der Waals surface area (Å²) >= 11 is 0. The second kappa shape index (κ2) is 12.0. The van der Waals surface area contributed by atoms with Crippen LogP contribution < -0.4 is 4.90 Å². The summed E-state index contributed by atoms with van der Waals surface area (Å²) in [6, 6.07) is 73.0. The van der Waals surface area contributed by atoms with Gasteiger partial charge in [-0.25, -0.2) is 0 Å². The van der Waals surface area contributed by atoms with Crippen LogP contribution in [0.1, 0.15) is 0 Å². The fourth-order valence-electron chi connectivity index (χ4n) is 8.03. The van der Waals surface area contributed by atoms with Gasteiger partial charge < -0.3 is 4.90 Å². The van der Waals surface area contributed by atoms with E-state index in [1.165, 1.54) is 76.1 Å². The molecule has 0 heterocycles. The molecule has 0 unspecified atom stereocenters. The molecule has 0 aliphatic carbocycles. The van der Waals surface area contributed by atoms with Gasteiger partial charge in [-0.2, -0.15) is 0 Å². The molecule has 0 saturated heterocycles. The number of fused-ring (bicyclic) bond motifs is 7. The predicted molar refractivity (Wildman–Crippen MR) is 220 cm³/mol. The van der Waals surface area contributed by atoms with Gasteiger partial charge in [0, 0.05) is 17.1 Å². The van der Waals surface area contributed by atoms with Gasteiger partial charge in [0.25, 0.3) is 0 Å². The Balaban J connectivity index is 1.16. The van der Waals surface area contributed by atoms with Crippen molar-refractivity contribution in [3.05, 3.63) is 200 Å². The summed E-state index contributed by atoms with van der Waals surface area (Å²) in [5, 5.41) is 12.6. The van der Waals surface area contributed by atoms with Crippen LogP contribution in [0.2, 0.25) is 0 Å². The quantitative estimate of drug-likeness (QED) is 0.168. The smallest absolute Gasteiger partial charge is 0.0468 e. The summed E-state index contributed by atoms with van der Waals surface area (Å²) in [5.74, 6) is 0. The van der Waals surface area contributed by atoms with E-state index >= 15 is 0 Å². The molecule has 10 rings (SSSR count). The first-order valence-electron chi connectivity index (χ1n) is 17.6. The van der Waals surface area contributed by atoms with Crippen LogP contribution in [0.4, 0.5) is 17.1 Å². The summed E-state index contributed by atoms with van der Waals surface area (Å²) < 4.78 is 0. The van der Waals surface area contributed by atoms with Crippen LogP contribution in [0.3, 0.4) is 0 Å². The fraction of sp³-hybridized carbons (Fsp3) is 0. The van der Waals surface area contributed by atoms with Crippen molar-refractivity contribution in [2.45, 2.75) is 0 Å². The minimum absolute atomic E-state index is 1.12. The molecule has 0 spiro atoms. The van der Waals surface area contributed by atoms with Gasteiger partial charge >= 0.3 is 0 Å². The number of benzene rings is 10. The molecular weight excluding hydrogens is 615 g/mol. The van der Waals surface area contributed by atoms with E-state index in [2.05, 4.69) is 205 Å². The first-order chi connectivity index (χ1) is 25.3. The van der Waals surface area contributed by atoms with E-state index in [4.69, 9.17) is 0 Å². The number of hydrogen-bond acceptors (Lipinski definition) is 1.